The Morgan fingerprint density at radius 1 is 0.971 bits per heavy atom. The monoisotopic (exact) mass is 480 g/mol. The van der Waals surface area contributed by atoms with Crippen molar-refractivity contribution in [2.24, 2.45) is 0 Å². The van der Waals surface area contributed by atoms with Crippen molar-refractivity contribution in [2.45, 2.75) is 36.7 Å². The van der Waals surface area contributed by atoms with Crippen LogP contribution in [-0.4, -0.2) is 71.2 Å². The second-order valence-electron chi connectivity index (χ2n) is 8.83. The van der Waals surface area contributed by atoms with E-state index in [0.717, 1.165) is 37.6 Å². The zero-order chi connectivity index (χ0) is 23.7. The molecule has 0 unspecified atom stereocenters. The van der Waals surface area contributed by atoms with Gasteiger partial charge in [-0.2, -0.15) is 0 Å². The van der Waals surface area contributed by atoms with Crippen molar-refractivity contribution in [1.29, 1.82) is 0 Å². The lowest BCUT2D eigenvalue weighted by Crippen LogP contribution is -2.52. The summed E-state index contributed by atoms with van der Waals surface area (Å²) in [5.74, 6) is 1.82. The smallest absolute Gasteiger partial charge is 0.179 e. The Labute approximate surface area is 199 Å². The minimum atomic E-state index is -3.43. The molecular weight excluding hydrogens is 452 g/mol. The Kier molecular flexibility index (Phi) is 6.05. The first-order chi connectivity index (χ1) is 16.4. The van der Waals surface area contributed by atoms with Gasteiger partial charge < -0.3 is 15.5 Å². The summed E-state index contributed by atoms with van der Waals surface area (Å²) in [6, 6.07) is 10.0. The Hall–Kier alpha value is -3.31. The third-order valence-corrected chi connectivity index (χ3v) is 7.27. The van der Waals surface area contributed by atoms with Crippen LogP contribution in [0.2, 0.25) is 0 Å². The maximum Gasteiger partial charge on any atom is 0.179 e. The fraction of sp³-hybridized carbons (Fsp3) is 0.391. The van der Waals surface area contributed by atoms with Crippen molar-refractivity contribution in [1.82, 2.24) is 24.8 Å². The quantitative estimate of drug-likeness (QED) is 0.523. The zero-order valence-corrected chi connectivity index (χ0v) is 20.0. The molecule has 1 aliphatic carbocycles. The predicted molar refractivity (Wildman–Crippen MR) is 132 cm³/mol. The van der Waals surface area contributed by atoms with E-state index < -0.39 is 9.84 Å². The number of hydrogen-bond donors (Lipinski definition) is 2. The van der Waals surface area contributed by atoms with Gasteiger partial charge in [0.1, 0.15) is 34.5 Å². The molecule has 1 saturated carbocycles. The number of rotatable bonds is 7. The van der Waals surface area contributed by atoms with Crippen molar-refractivity contribution < 1.29 is 8.42 Å². The fourth-order valence-corrected chi connectivity index (χ4v) is 5.08. The zero-order valence-electron chi connectivity index (χ0n) is 19.2. The van der Waals surface area contributed by atoms with Crippen molar-refractivity contribution >= 4 is 38.8 Å². The van der Waals surface area contributed by atoms with E-state index in [4.69, 9.17) is 0 Å². The standard InChI is InChI=1S/C23H28N8O2S/c1-16-14-30(17-5-6-17)10-11-31(16)18-7-8-20(25-13-18)28-21-12-22(27-15-26-21)29-23-19(34(2,32)33)4-3-9-24-23/h3-4,7-9,12-13,15-17H,5-6,10-11,14H2,1-2H3,(H2,24,25,26,27,28,29)/t16-/m0/s1. The van der Waals surface area contributed by atoms with E-state index in [-0.39, 0.29) is 10.7 Å². The molecular formula is C23H28N8O2S. The van der Waals surface area contributed by atoms with E-state index in [9.17, 15) is 8.42 Å². The SMILES string of the molecule is C[C@H]1CN(C2CC2)CCN1c1ccc(Nc2cc(Nc3ncccc3S(C)(=O)=O)ncn2)nc1. The molecule has 34 heavy (non-hydrogen) atoms. The molecule has 11 heteroatoms. The average Bonchev–Trinajstić information content (AvgIpc) is 3.65. The van der Waals surface area contributed by atoms with Gasteiger partial charge >= 0.3 is 0 Å². The molecule has 0 aromatic carbocycles. The van der Waals surface area contributed by atoms with Crippen molar-refractivity contribution in [3.8, 4) is 0 Å². The molecule has 1 atom stereocenters. The van der Waals surface area contributed by atoms with Crippen LogP contribution in [0.25, 0.3) is 0 Å². The number of anilines is 5. The molecule has 5 rings (SSSR count). The molecule has 1 saturated heterocycles. The molecule has 0 amide bonds. The summed E-state index contributed by atoms with van der Waals surface area (Å²) >= 11 is 0. The third kappa shape index (κ3) is 5.10. The summed E-state index contributed by atoms with van der Waals surface area (Å²) in [6.45, 7) is 5.48. The molecule has 178 valence electrons. The van der Waals surface area contributed by atoms with Gasteiger partial charge in [-0.15, -0.1) is 0 Å². The van der Waals surface area contributed by atoms with E-state index in [1.54, 1.807) is 12.1 Å². The van der Waals surface area contributed by atoms with Crippen LogP contribution in [0.4, 0.5) is 29.0 Å². The van der Waals surface area contributed by atoms with Gasteiger partial charge in [0.15, 0.2) is 9.84 Å². The number of nitrogens with zero attached hydrogens (tertiary/aromatic N) is 6. The van der Waals surface area contributed by atoms with Gasteiger partial charge in [-0.3, -0.25) is 4.90 Å². The molecule has 4 heterocycles. The number of piperazine rings is 1. The molecule has 3 aromatic rings. The van der Waals surface area contributed by atoms with Crippen LogP contribution in [-0.2, 0) is 9.84 Å². The summed E-state index contributed by atoms with van der Waals surface area (Å²) in [5.41, 5.74) is 1.11. The predicted octanol–water partition coefficient (Wildman–Crippen LogP) is 2.83. The van der Waals surface area contributed by atoms with Crippen LogP contribution < -0.4 is 15.5 Å². The molecule has 3 aromatic heterocycles. The Balaban J connectivity index is 1.25. The minimum Gasteiger partial charge on any atom is -0.365 e. The van der Waals surface area contributed by atoms with E-state index in [2.05, 4.69) is 53.4 Å². The van der Waals surface area contributed by atoms with Crippen LogP contribution in [0.15, 0.2) is 53.9 Å². The summed E-state index contributed by atoms with van der Waals surface area (Å²) in [7, 11) is -3.43. The molecule has 2 aliphatic rings. The Morgan fingerprint density at radius 2 is 1.76 bits per heavy atom. The van der Waals surface area contributed by atoms with Crippen LogP contribution in [0.5, 0.6) is 0 Å². The van der Waals surface area contributed by atoms with E-state index in [1.807, 2.05) is 12.3 Å². The highest BCUT2D eigenvalue weighted by Crippen LogP contribution is 2.30. The number of sulfone groups is 1. The van der Waals surface area contributed by atoms with E-state index >= 15 is 0 Å². The van der Waals surface area contributed by atoms with E-state index in [1.165, 1.54) is 31.4 Å². The summed E-state index contributed by atoms with van der Waals surface area (Å²) in [5, 5.41) is 6.14. The minimum absolute atomic E-state index is 0.104. The second kappa shape index (κ2) is 9.15. The molecule has 2 N–H and O–H groups in total. The van der Waals surface area contributed by atoms with Gasteiger partial charge in [-0.1, -0.05) is 0 Å². The van der Waals surface area contributed by atoms with Gasteiger partial charge in [-0.25, -0.2) is 28.4 Å². The van der Waals surface area contributed by atoms with Crippen molar-refractivity contribution in [2.75, 3.05) is 41.4 Å². The highest BCUT2D eigenvalue weighted by molar-refractivity contribution is 7.90. The lowest BCUT2D eigenvalue weighted by Gasteiger charge is -2.41. The summed E-state index contributed by atoms with van der Waals surface area (Å²) < 4.78 is 24.0. The normalized spacial score (nSPS) is 19.1. The molecule has 10 nitrogen and oxygen atoms in total. The lowest BCUT2D eigenvalue weighted by atomic mass is 10.1. The maximum atomic E-state index is 12.0. The van der Waals surface area contributed by atoms with Crippen LogP contribution in [0.1, 0.15) is 19.8 Å². The van der Waals surface area contributed by atoms with E-state index in [0.29, 0.717) is 23.5 Å². The molecule has 0 spiro atoms. The number of nitrogens with one attached hydrogen (secondary N) is 2. The van der Waals surface area contributed by atoms with Crippen LogP contribution in [0, 0.1) is 0 Å². The molecule has 2 fully saturated rings. The lowest BCUT2D eigenvalue weighted by molar-refractivity contribution is 0.219. The number of aromatic nitrogens is 4. The Bertz CT molecular complexity index is 1260. The van der Waals surface area contributed by atoms with Crippen molar-refractivity contribution in [3.63, 3.8) is 0 Å². The van der Waals surface area contributed by atoms with Gasteiger partial charge in [0.2, 0.25) is 0 Å². The first-order valence-corrected chi connectivity index (χ1v) is 13.2. The maximum absolute atomic E-state index is 12.0. The van der Waals surface area contributed by atoms with Gasteiger partial charge in [0, 0.05) is 50.2 Å². The van der Waals surface area contributed by atoms with Crippen LogP contribution in [0.3, 0.4) is 0 Å². The molecule has 0 radical (unpaired) electrons. The summed E-state index contributed by atoms with van der Waals surface area (Å²) in [4.78, 5) is 22.3. The van der Waals surface area contributed by atoms with Gasteiger partial charge in [-0.05, 0) is 44.0 Å². The van der Waals surface area contributed by atoms with Gasteiger partial charge in [0.25, 0.3) is 0 Å². The van der Waals surface area contributed by atoms with Crippen LogP contribution >= 0.6 is 0 Å². The average molecular weight is 481 g/mol. The number of hydrogen-bond acceptors (Lipinski definition) is 10. The van der Waals surface area contributed by atoms with Gasteiger partial charge in [0.05, 0.1) is 11.9 Å². The second-order valence-corrected chi connectivity index (χ2v) is 10.8. The first kappa shape index (κ1) is 22.5. The molecule has 0 bridgehead atoms. The highest BCUT2D eigenvalue weighted by atomic mass is 32.2. The number of pyridine rings is 2. The first-order valence-electron chi connectivity index (χ1n) is 11.3. The largest absolute Gasteiger partial charge is 0.365 e. The Morgan fingerprint density at radius 3 is 2.44 bits per heavy atom. The third-order valence-electron chi connectivity index (χ3n) is 6.14. The highest BCUT2D eigenvalue weighted by Gasteiger charge is 2.34. The molecule has 1 aliphatic heterocycles. The van der Waals surface area contributed by atoms with Crippen molar-refractivity contribution in [3.05, 3.63) is 49.1 Å². The fourth-order valence-electron chi connectivity index (χ4n) is 4.30. The topological polar surface area (TPSA) is 116 Å². The summed E-state index contributed by atoms with van der Waals surface area (Å²) in [6.07, 6.45) is 8.63.